The Morgan fingerprint density at radius 1 is 1.12 bits per heavy atom. The Kier molecular flexibility index (Phi) is 9.85. The van der Waals surface area contributed by atoms with Crippen molar-refractivity contribution in [3.8, 4) is 5.75 Å². The average Bonchev–Trinajstić information content (AvgIpc) is 3.18. The molecule has 0 radical (unpaired) electrons. The standard InChI is InChI=1S/C22H22N4O.C3H8.C2H4/c1-3-23-19-6-4-5-7-20(19)25-22-15-18(10-12-24-22)27-17-9-8-16-11-13-26(2)21(16)14-17;1-3-2;1-2/h3-16,21,23H,1H2,2H3,(H,24,25);3H2,1-2H3;1-2H2. The number of allylic oxidation sites excluding steroid dienone is 1. The lowest BCUT2D eigenvalue weighted by atomic mass is 9.96. The van der Waals surface area contributed by atoms with Gasteiger partial charge in [0.2, 0.25) is 0 Å². The number of nitrogens with one attached hydrogen (secondary N) is 2. The van der Waals surface area contributed by atoms with Gasteiger partial charge in [0.25, 0.3) is 0 Å². The van der Waals surface area contributed by atoms with Gasteiger partial charge < -0.3 is 20.3 Å². The molecule has 0 bridgehead atoms. The molecule has 1 aliphatic heterocycles. The van der Waals surface area contributed by atoms with E-state index >= 15 is 0 Å². The summed E-state index contributed by atoms with van der Waals surface area (Å²) in [4.78, 5) is 6.59. The number of anilines is 3. The number of nitrogens with zero attached hydrogens (tertiary/aromatic N) is 2. The van der Waals surface area contributed by atoms with Crippen LogP contribution in [0.15, 0.2) is 105 Å². The van der Waals surface area contributed by atoms with E-state index in [2.05, 4.69) is 85.6 Å². The van der Waals surface area contributed by atoms with Gasteiger partial charge in [-0.05, 0) is 42.8 Å². The van der Waals surface area contributed by atoms with Crippen molar-refractivity contribution in [1.82, 2.24) is 9.88 Å². The molecule has 0 saturated heterocycles. The molecule has 168 valence electrons. The van der Waals surface area contributed by atoms with E-state index < -0.39 is 0 Å². The smallest absolute Gasteiger partial charge is 0.134 e. The quantitative estimate of drug-likeness (QED) is 0.489. The minimum Gasteiger partial charge on any atom is -0.457 e. The zero-order chi connectivity index (χ0) is 23.3. The first-order valence-electron chi connectivity index (χ1n) is 10.8. The van der Waals surface area contributed by atoms with E-state index in [0.717, 1.165) is 22.9 Å². The molecule has 2 aliphatic rings. The summed E-state index contributed by atoms with van der Waals surface area (Å²) in [6.07, 6.45) is 15.3. The average molecular weight is 431 g/mol. The Hall–Kier alpha value is -3.73. The van der Waals surface area contributed by atoms with E-state index in [-0.39, 0.29) is 0 Å². The number of fused-ring (bicyclic) bond motifs is 1. The third-order valence-electron chi connectivity index (χ3n) is 4.64. The summed E-state index contributed by atoms with van der Waals surface area (Å²) in [6, 6.07) is 12.0. The predicted molar refractivity (Wildman–Crippen MR) is 137 cm³/mol. The molecule has 2 heterocycles. The van der Waals surface area contributed by atoms with Crippen LogP contribution in [0.4, 0.5) is 17.2 Å². The van der Waals surface area contributed by atoms with Crippen molar-refractivity contribution in [3.63, 3.8) is 0 Å². The third-order valence-corrected chi connectivity index (χ3v) is 4.64. The fourth-order valence-corrected chi connectivity index (χ4v) is 3.27. The van der Waals surface area contributed by atoms with Gasteiger partial charge in [0.1, 0.15) is 17.3 Å². The van der Waals surface area contributed by atoms with E-state index in [1.807, 2.05) is 42.5 Å². The van der Waals surface area contributed by atoms with Crippen LogP contribution < -0.4 is 15.4 Å². The van der Waals surface area contributed by atoms with E-state index in [1.165, 1.54) is 6.42 Å². The monoisotopic (exact) mass is 430 g/mol. The second kappa shape index (κ2) is 12.8. The number of ether oxygens (including phenoxy) is 1. The first kappa shape index (κ1) is 24.5. The fourth-order valence-electron chi connectivity index (χ4n) is 3.27. The van der Waals surface area contributed by atoms with Crippen LogP contribution >= 0.6 is 0 Å². The van der Waals surface area contributed by atoms with Crippen LogP contribution in [-0.4, -0.2) is 23.0 Å². The van der Waals surface area contributed by atoms with E-state index in [1.54, 1.807) is 12.4 Å². The Morgan fingerprint density at radius 2 is 1.84 bits per heavy atom. The first-order chi connectivity index (χ1) is 15.6. The molecule has 1 aromatic carbocycles. The van der Waals surface area contributed by atoms with Crippen molar-refractivity contribution < 1.29 is 4.74 Å². The second-order valence-electron chi connectivity index (χ2n) is 7.21. The van der Waals surface area contributed by atoms with Gasteiger partial charge in [0, 0.05) is 25.2 Å². The van der Waals surface area contributed by atoms with Gasteiger partial charge in [-0.1, -0.05) is 51.1 Å². The Balaban J connectivity index is 0.000000671. The van der Waals surface area contributed by atoms with Gasteiger partial charge in [-0.15, -0.1) is 13.2 Å². The minimum absolute atomic E-state index is 0.321. The molecule has 0 fully saturated rings. The maximum atomic E-state index is 6.08. The maximum absolute atomic E-state index is 6.08. The molecule has 0 spiro atoms. The topological polar surface area (TPSA) is 49.4 Å². The number of hydrogen-bond acceptors (Lipinski definition) is 5. The largest absolute Gasteiger partial charge is 0.457 e. The predicted octanol–water partition coefficient (Wildman–Crippen LogP) is 6.88. The molecule has 0 saturated carbocycles. The van der Waals surface area contributed by atoms with Crippen molar-refractivity contribution in [2.45, 2.75) is 26.3 Å². The van der Waals surface area contributed by atoms with Crippen molar-refractivity contribution in [3.05, 3.63) is 105 Å². The van der Waals surface area contributed by atoms with Gasteiger partial charge in [-0.2, -0.15) is 0 Å². The summed E-state index contributed by atoms with van der Waals surface area (Å²) in [5.41, 5.74) is 1.85. The third kappa shape index (κ3) is 6.64. The SMILES string of the molecule is C=C.C=CNc1ccccc1Nc1cc(OC2=CC3C(C=C2)C=CN3C)ccn1.CCC. The summed E-state index contributed by atoms with van der Waals surface area (Å²) in [6.45, 7) is 14.0. The summed E-state index contributed by atoms with van der Waals surface area (Å²) in [7, 11) is 2.08. The Morgan fingerprint density at radius 3 is 2.56 bits per heavy atom. The lowest BCUT2D eigenvalue weighted by Gasteiger charge is -2.25. The number of likely N-dealkylation sites (N-methyl/N-ethyl adjacent to an activating group) is 1. The van der Waals surface area contributed by atoms with Gasteiger partial charge in [-0.3, -0.25) is 0 Å². The minimum atomic E-state index is 0.321. The fraction of sp³-hybridized carbons (Fsp3) is 0.222. The second-order valence-corrected chi connectivity index (χ2v) is 7.21. The molecular weight excluding hydrogens is 396 g/mol. The van der Waals surface area contributed by atoms with Crippen molar-refractivity contribution >= 4 is 17.2 Å². The van der Waals surface area contributed by atoms with Crippen LogP contribution in [0.1, 0.15) is 20.3 Å². The number of pyridine rings is 1. The number of rotatable bonds is 6. The first-order valence-corrected chi connectivity index (χ1v) is 10.8. The summed E-state index contributed by atoms with van der Waals surface area (Å²) in [5, 5.41) is 6.44. The molecule has 1 aliphatic carbocycles. The number of hydrogen-bond donors (Lipinski definition) is 2. The van der Waals surface area contributed by atoms with Gasteiger partial charge >= 0.3 is 0 Å². The number of para-hydroxylation sites is 2. The van der Waals surface area contributed by atoms with E-state index in [4.69, 9.17) is 4.74 Å². The van der Waals surface area contributed by atoms with Crippen LogP contribution in [-0.2, 0) is 0 Å². The molecule has 2 aromatic rings. The van der Waals surface area contributed by atoms with Gasteiger partial charge in [0.05, 0.1) is 17.4 Å². The van der Waals surface area contributed by atoms with Crippen LogP contribution in [0.2, 0.25) is 0 Å². The normalized spacial score (nSPS) is 17.6. The zero-order valence-electron chi connectivity index (χ0n) is 19.3. The molecule has 2 unspecified atom stereocenters. The summed E-state index contributed by atoms with van der Waals surface area (Å²) >= 11 is 0. The van der Waals surface area contributed by atoms with Crippen LogP contribution in [0.25, 0.3) is 0 Å². The lowest BCUT2D eigenvalue weighted by molar-refractivity contribution is 0.357. The molecule has 2 atom stereocenters. The highest BCUT2D eigenvalue weighted by Gasteiger charge is 2.26. The highest BCUT2D eigenvalue weighted by molar-refractivity contribution is 5.74. The van der Waals surface area contributed by atoms with Crippen LogP contribution in [0, 0.1) is 5.92 Å². The van der Waals surface area contributed by atoms with Crippen molar-refractivity contribution in [1.29, 1.82) is 0 Å². The highest BCUT2D eigenvalue weighted by atomic mass is 16.5. The zero-order valence-corrected chi connectivity index (χ0v) is 19.3. The number of benzene rings is 1. The van der Waals surface area contributed by atoms with Gasteiger partial charge in [0.15, 0.2) is 0 Å². The molecule has 4 rings (SSSR count). The summed E-state index contributed by atoms with van der Waals surface area (Å²) < 4.78 is 6.08. The summed E-state index contributed by atoms with van der Waals surface area (Å²) in [5.74, 6) is 2.72. The van der Waals surface area contributed by atoms with Crippen molar-refractivity contribution in [2.24, 2.45) is 5.92 Å². The van der Waals surface area contributed by atoms with Crippen LogP contribution in [0.5, 0.6) is 5.75 Å². The molecule has 0 amide bonds. The molecule has 5 heteroatoms. The van der Waals surface area contributed by atoms with Gasteiger partial charge in [-0.25, -0.2) is 4.98 Å². The molecular formula is C27H34N4O. The Labute approximate surface area is 192 Å². The lowest BCUT2D eigenvalue weighted by Crippen LogP contribution is -2.28. The highest BCUT2D eigenvalue weighted by Crippen LogP contribution is 2.30. The molecule has 5 nitrogen and oxygen atoms in total. The molecule has 1 aromatic heterocycles. The molecule has 32 heavy (non-hydrogen) atoms. The number of aromatic nitrogens is 1. The van der Waals surface area contributed by atoms with Crippen LogP contribution in [0.3, 0.4) is 0 Å². The van der Waals surface area contributed by atoms with E-state index in [0.29, 0.717) is 17.8 Å². The van der Waals surface area contributed by atoms with Crippen molar-refractivity contribution in [2.75, 3.05) is 17.7 Å². The van der Waals surface area contributed by atoms with E-state index in [9.17, 15) is 0 Å². The Bertz CT molecular complexity index is 964. The molecule has 2 N–H and O–H groups in total. The maximum Gasteiger partial charge on any atom is 0.134 e.